The first-order chi connectivity index (χ1) is 9.72. The van der Waals surface area contributed by atoms with Gasteiger partial charge in [-0.2, -0.15) is 0 Å². The van der Waals surface area contributed by atoms with E-state index in [2.05, 4.69) is 10.1 Å². The molecule has 0 bridgehead atoms. The van der Waals surface area contributed by atoms with Crippen LogP contribution >= 0.6 is 0 Å². The van der Waals surface area contributed by atoms with Crippen molar-refractivity contribution in [1.82, 2.24) is 4.90 Å². The summed E-state index contributed by atoms with van der Waals surface area (Å²) in [5, 5.41) is 3.77. The number of hydrogen-bond acceptors (Lipinski definition) is 4. The summed E-state index contributed by atoms with van der Waals surface area (Å²) in [5.74, 6) is -0.571. The van der Waals surface area contributed by atoms with Gasteiger partial charge in [0.05, 0.1) is 0 Å². The van der Waals surface area contributed by atoms with Gasteiger partial charge in [-0.05, 0) is 31.5 Å². The van der Waals surface area contributed by atoms with E-state index in [1.54, 1.807) is 0 Å². The Balaban J connectivity index is 2.24. The van der Waals surface area contributed by atoms with Crippen molar-refractivity contribution in [3.63, 3.8) is 0 Å². The molecule has 20 heavy (non-hydrogen) atoms. The Bertz CT molecular complexity index is 494. The van der Waals surface area contributed by atoms with E-state index in [0.29, 0.717) is 0 Å². The Hall–Kier alpha value is -1.88. The van der Waals surface area contributed by atoms with Gasteiger partial charge in [-0.3, -0.25) is 9.69 Å². The SMILES string of the molecule is CO/N=C(/C(N)=O)c1ccccc1CN1CCCCC1. The molecule has 2 N–H and O–H groups in total. The lowest BCUT2D eigenvalue weighted by Gasteiger charge is -2.27. The predicted octanol–water partition coefficient (Wildman–Crippen LogP) is 1.51. The number of carbonyl (C=O) groups is 1. The first-order valence-corrected chi connectivity index (χ1v) is 6.94. The van der Waals surface area contributed by atoms with Crippen LogP contribution in [0.1, 0.15) is 30.4 Å². The van der Waals surface area contributed by atoms with Gasteiger partial charge in [0, 0.05) is 12.1 Å². The van der Waals surface area contributed by atoms with Crippen molar-refractivity contribution in [2.75, 3.05) is 20.2 Å². The van der Waals surface area contributed by atoms with E-state index in [0.717, 1.165) is 30.8 Å². The lowest BCUT2D eigenvalue weighted by molar-refractivity contribution is -0.112. The monoisotopic (exact) mass is 275 g/mol. The Labute approximate surface area is 119 Å². The van der Waals surface area contributed by atoms with Crippen molar-refractivity contribution in [3.05, 3.63) is 35.4 Å². The molecule has 1 aliphatic rings. The molecule has 1 aromatic carbocycles. The lowest BCUT2D eigenvalue weighted by Crippen LogP contribution is -2.31. The Morgan fingerprint density at radius 3 is 2.65 bits per heavy atom. The van der Waals surface area contributed by atoms with E-state index in [9.17, 15) is 4.79 Å². The van der Waals surface area contributed by atoms with Crippen LogP contribution in [-0.2, 0) is 16.2 Å². The Kier molecular flexibility index (Phi) is 5.12. The fraction of sp³-hybridized carbons (Fsp3) is 0.467. The van der Waals surface area contributed by atoms with Crippen LogP contribution in [0.4, 0.5) is 0 Å². The number of piperidine rings is 1. The maximum Gasteiger partial charge on any atom is 0.271 e. The zero-order valence-corrected chi connectivity index (χ0v) is 11.8. The molecule has 1 amide bonds. The summed E-state index contributed by atoms with van der Waals surface area (Å²) in [6.07, 6.45) is 3.77. The average Bonchev–Trinajstić information content (AvgIpc) is 2.46. The normalized spacial score (nSPS) is 16.9. The second kappa shape index (κ2) is 7.05. The molecule has 0 saturated carbocycles. The van der Waals surface area contributed by atoms with Crippen molar-refractivity contribution >= 4 is 11.6 Å². The van der Waals surface area contributed by atoms with E-state index in [1.807, 2.05) is 24.3 Å². The van der Waals surface area contributed by atoms with Crippen molar-refractivity contribution in [2.45, 2.75) is 25.8 Å². The second-order valence-corrected chi connectivity index (χ2v) is 4.98. The van der Waals surface area contributed by atoms with Crippen LogP contribution in [0, 0.1) is 0 Å². The van der Waals surface area contributed by atoms with E-state index >= 15 is 0 Å². The highest BCUT2D eigenvalue weighted by atomic mass is 16.6. The number of benzene rings is 1. The fourth-order valence-electron chi connectivity index (χ4n) is 2.57. The first-order valence-electron chi connectivity index (χ1n) is 6.94. The van der Waals surface area contributed by atoms with Crippen molar-refractivity contribution in [1.29, 1.82) is 0 Å². The minimum Gasteiger partial charge on any atom is -0.398 e. The third kappa shape index (κ3) is 3.57. The number of likely N-dealkylation sites (tertiary alicyclic amines) is 1. The molecule has 2 rings (SSSR count). The molecule has 0 radical (unpaired) electrons. The van der Waals surface area contributed by atoms with Gasteiger partial charge in [-0.1, -0.05) is 35.8 Å². The van der Waals surface area contributed by atoms with Crippen molar-refractivity contribution in [2.24, 2.45) is 10.9 Å². The van der Waals surface area contributed by atoms with Crippen LogP contribution in [0.15, 0.2) is 29.4 Å². The highest BCUT2D eigenvalue weighted by molar-refractivity contribution is 6.45. The molecular formula is C15H21N3O2. The maximum atomic E-state index is 11.5. The predicted molar refractivity (Wildman–Crippen MR) is 78.3 cm³/mol. The number of primary amides is 1. The third-order valence-electron chi connectivity index (χ3n) is 3.53. The third-order valence-corrected chi connectivity index (χ3v) is 3.53. The van der Waals surface area contributed by atoms with Crippen LogP contribution in [0.3, 0.4) is 0 Å². The number of carbonyl (C=O) groups excluding carboxylic acids is 1. The smallest absolute Gasteiger partial charge is 0.271 e. The molecule has 1 aliphatic heterocycles. The summed E-state index contributed by atoms with van der Waals surface area (Å²) in [6.45, 7) is 3.01. The highest BCUT2D eigenvalue weighted by Crippen LogP contribution is 2.17. The molecule has 0 aliphatic carbocycles. The Morgan fingerprint density at radius 1 is 1.30 bits per heavy atom. The first kappa shape index (κ1) is 14.5. The van der Waals surface area contributed by atoms with E-state index in [-0.39, 0.29) is 5.71 Å². The summed E-state index contributed by atoms with van der Waals surface area (Å²) < 4.78 is 0. The average molecular weight is 275 g/mol. The van der Waals surface area contributed by atoms with Gasteiger partial charge in [0.25, 0.3) is 5.91 Å². The summed E-state index contributed by atoms with van der Waals surface area (Å²) in [4.78, 5) is 18.7. The minimum atomic E-state index is -0.571. The Morgan fingerprint density at radius 2 is 2.00 bits per heavy atom. The number of rotatable bonds is 5. The molecule has 0 aromatic heterocycles. The number of amides is 1. The van der Waals surface area contributed by atoms with E-state index in [1.165, 1.54) is 26.4 Å². The molecule has 0 atom stereocenters. The molecule has 0 spiro atoms. The van der Waals surface area contributed by atoms with Crippen molar-refractivity contribution < 1.29 is 9.63 Å². The summed E-state index contributed by atoms with van der Waals surface area (Å²) in [7, 11) is 1.41. The van der Waals surface area contributed by atoms with Crippen LogP contribution in [-0.4, -0.2) is 36.7 Å². The van der Waals surface area contributed by atoms with Gasteiger partial charge >= 0.3 is 0 Å². The molecule has 108 valence electrons. The van der Waals surface area contributed by atoms with Gasteiger partial charge in [0.2, 0.25) is 0 Å². The number of nitrogens with zero attached hydrogens (tertiary/aromatic N) is 2. The van der Waals surface area contributed by atoms with Crippen molar-refractivity contribution in [3.8, 4) is 0 Å². The quantitative estimate of drug-likeness (QED) is 0.654. The second-order valence-electron chi connectivity index (χ2n) is 4.98. The van der Waals surface area contributed by atoms with E-state index < -0.39 is 5.91 Å². The zero-order valence-electron chi connectivity index (χ0n) is 11.8. The topological polar surface area (TPSA) is 67.9 Å². The largest absolute Gasteiger partial charge is 0.398 e. The number of nitrogens with two attached hydrogens (primary N) is 1. The standard InChI is InChI=1S/C15H21N3O2/c1-20-17-14(15(16)19)13-8-4-3-7-12(13)11-18-9-5-2-6-10-18/h3-4,7-8H,2,5-6,9-11H2,1H3,(H2,16,19)/b17-14+. The number of hydrogen-bond donors (Lipinski definition) is 1. The summed E-state index contributed by atoms with van der Waals surface area (Å²) in [6, 6.07) is 7.72. The van der Waals surface area contributed by atoms with Gasteiger partial charge in [-0.15, -0.1) is 0 Å². The van der Waals surface area contributed by atoms with Crippen LogP contribution in [0.5, 0.6) is 0 Å². The molecular weight excluding hydrogens is 254 g/mol. The van der Waals surface area contributed by atoms with Gasteiger partial charge in [0.15, 0.2) is 5.71 Å². The van der Waals surface area contributed by atoms with Crippen LogP contribution in [0.2, 0.25) is 0 Å². The van der Waals surface area contributed by atoms with Crippen LogP contribution in [0.25, 0.3) is 0 Å². The highest BCUT2D eigenvalue weighted by Gasteiger charge is 2.18. The summed E-state index contributed by atoms with van der Waals surface area (Å²) in [5.41, 5.74) is 7.39. The van der Waals surface area contributed by atoms with Gasteiger partial charge < -0.3 is 10.6 Å². The molecule has 1 heterocycles. The molecule has 1 fully saturated rings. The fourth-order valence-corrected chi connectivity index (χ4v) is 2.57. The molecule has 1 saturated heterocycles. The van der Waals surface area contributed by atoms with E-state index in [4.69, 9.17) is 10.6 Å². The molecule has 5 nitrogen and oxygen atoms in total. The van der Waals surface area contributed by atoms with Gasteiger partial charge in [-0.25, -0.2) is 0 Å². The number of oxime groups is 1. The maximum absolute atomic E-state index is 11.5. The minimum absolute atomic E-state index is 0.181. The van der Waals surface area contributed by atoms with Crippen LogP contribution < -0.4 is 5.73 Å². The molecule has 1 aromatic rings. The van der Waals surface area contributed by atoms with Gasteiger partial charge in [0.1, 0.15) is 7.11 Å². The molecule has 5 heteroatoms. The zero-order chi connectivity index (χ0) is 14.4. The summed E-state index contributed by atoms with van der Waals surface area (Å²) >= 11 is 0. The molecule has 0 unspecified atom stereocenters. The lowest BCUT2D eigenvalue weighted by atomic mass is 10.0.